The highest BCUT2D eigenvalue weighted by molar-refractivity contribution is 7.80. The molecule has 1 aliphatic rings. The number of rotatable bonds is 9. The summed E-state index contributed by atoms with van der Waals surface area (Å²) in [4.78, 5) is 42.2. The Hall–Kier alpha value is -5.03. The Morgan fingerprint density at radius 1 is 0.950 bits per heavy atom. The fourth-order valence-corrected chi connectivity index (χ4v) is 4.94. The first-order valence-corrected chi connectivity index (χ1v) is 12.8. The fourth-order valence-electron chi connectivity index (χ4n) is 4.61. The predicted octanol–water partition coefficient (Wildman–Crippen LogP) is 4.74. The second-order valence-electron chi connectivity index (χ2n) is 9.10. The summed E-state index contributed by atoms with van der Waals surface area (Å²) in [5, 5.41) is 25.5. The van der Waals surface area contributed by atoms with Gasteiger partial charge in [-0.15, -0.1) is 0 Å². The van der Waals surface area contributed by atoms with Crippen molar-refractivity contribution in [2.75, 3.05) is 11.9 Å². The van der Waals surface area contributed by atoms with Crippen molar-refractivity contribution >= 4 is 40.9 Å². The molecule has 0 bridgehead atoms. The number of hydrogen-bond acceptors (Lipinski definition) is 6. The minimum atomic E-state index is -1.25. The van der Waals surface area contributed by atoms with Gasteiger partial charge in [-0.1, -0.05) is 24.3 Å². The molecule has 40 heavy (non-hydrogen) atoms. The maximum absolute atomic E-state index is 12.7. The number of carbonyl (C=O) groups excluding carboxylic acids is 1. The number of pyridine rings is 1. The van der Waals surface area contributed by atoms with Crippen LogP contribution in [0.1, 0.15) is 50.7 Å². The molecule has 2 unspecified atom stereocenters. The SMILES string of the molecule is O=C(CCN1C(=S)NC(c2ccccn2)C1c1ccc(-c2cc(C(=O)O)cc(C(=O)O)c2)o1)Nc1ccccc1. The van der Waals surface area contributed by atoms with E-state index in [-0.39, 0.29) is 30.0 Å². The first-order valence-electron chi connectivity index (χ1n) is 12.3. The molecular formula is C29H24N4O6S. The zero-order valence-corrected chi connectivity index (χ0v) is 21.8. The van der Waals surface area contributed by atoms with Crippen LogP contribution in [0.5, 0.6) is 0 Å². The monoisotopic (exact) mass is 556 g/mol. The largest absolute Gasteiger partial charge is 0.478 e. The minimum absolute atomic E-state index is 0.151. The average molecular weight is 557 g/mol. The van der Waals surface area contributed by atoms with Crippen LogP contribution in [-0.4, -0.2) is 49.6 Å². The Morgan fingerprint density at radius 2 is 1.65 bits per heavy atom. The van der Waals surface area contributed by atoms with Gasteiger partial charge in [0.05, 0.1) is 22.9 Å². The van der Waals surface area contributed by atoms with Crippen molar-refractivity contribution < 1.29 is 29.0 Å². The number of furan rings is 1. The third-order valence-corrected chi connectivity index (χ3v) is 6.82. The van der Waals surface area contributed by atoms with Gasteiger partial charge in [-0.2, -0.15) is 0 Å². The lowest BCUT2D eigenvalue weighted by atomic mass is 10.0. The molecule has 2 aromatic carbocycles. The van der Waals surface area contributed by atoms with E-state index >= 15 is 0 Å². The van der Waals surface area contributed by atoms with E-state index in [1.807, 2.05) is 35.2 Å². The van der Waals surface area contributed by atoms with E-state index < -0.39 is 24.0 Å². The van der Waals surface area contributed by atoms with Crippen LogP contribution in [0.2, 0.25) is 0 Å². The number of carboxylic acid groups (broad SMARTS) is 2. The fraction of sp³-hybridized carbons (Fsp3) is 0.138. The molecule has 1 aliphatic heterocycles. The van der Waals surface area contributed by atoms with Crippen LogP contribution in [0.3, 0.4) is 0 Å². The summed E-state index contributed by atoms with van der Waals surface area (Å²) in [6, 6.07) is 21.0. The molecule has 1 amide bonds. The average Bonchev–Trinajstić information content (AvgIpc) is 3.57. The van der Waals surface area contributed by atoms with Gasteiger partial charge in [-0.05, 0) is 66.8 Å². The van der Waals surface area contributed by atoms with Crippen molar-refractivity contribution in [2.24, 2.45) is 0 Å². The van der Waals surface area contributed by atoms with Crippen LogP contribution in [0.25, 0.3) is 11.3 Å². The van der Waals surface area contributed by atoms with Crippen molar-refractivity contribution in [2.45, 2.75) is 18.5 Å². The van der Waals surface area contributed by atoms with Crippen molar-refractivity contribution in [3.05, 3.63) is 108 Å². The number of amides is 1. The number of anilines is 1. The zero-order chi connectivity index (χ0) is 28.2. The number of aromatic carboxylic acids is 2. The number of nitrogens with zero attached hydrogens (tertiary/aromatic N) is 2. The highest BCUT2D eigenvalue weighted by Crippen LogP contribution is 2.40. The molecule has 202 valence electrons. The predicted molar refractivity (Wildman–Crippen MR) is 150 cm³/mol. The molecule has 10 nitrogen and oxygen atoms in total. The summed E-state index contributed by atoms with van der Waals surface area (Å²) in [6.07, 6.45) is 1.82. The van der Waals surface area contributed by atoms with Crippen LogP contribution in [0.4, 0.5) is 5.69 Å². The minimum Gasteiger partial charge on any atom is -0.478 e. The van der Waals surface area contributed by atoms with Crippen molar-refractivity contribution in [3.8, 4) is 11.3 Å². The van der Waals surface area contributed by atoms with Crippen molar-refractivity contribution in [1.29, 1.82) is 0 Å². The molecule has 0 spiro atoms. The molecular weight excluding hydrogens is 532 g/mol. The molecule has 0 radical (unpaired) electrons. The van der Waals surface area contributed by atoms with Gasteiger partial charge in [0.25, 0.3) is 0 Å². The summed E-state index contributed by atoms with van der Waals surface area (Å²) in [5.41, 5.74) is 1.37. The second kappa shape index (κ2) is 11.4. The van der Waals surface area contributed by atoms with Crippen LogP contribution >= 0.6 is 12.2 Å². The Balaban J connectivity index is 1.45. The molecule has 3 heterocycles. The molecule has 2 aromatic heterocycles. The molecule has 1 saturated heterocycles. The van der Waals surface area contributed by atoms with Gasteiger partial charge in [-0.25, -0.2) is 9.59 Å². The second-order valence-corrected chi connectivity index (χ2v) is 9.48. The van der Waals surface area contributed by atoms with E-state index in [1.165, 1.54) is 12.1 Å². The quantitative estimate of drug-likeness (QED) is 0.213. The number of carboxylic acids is 2. The van der Waals surface area contributed by atoms with E-state index in [0.717, 1.165) is 6.07 Å². The summed E-state index contributed by atoms with van der Waals surface area (Å²) in [6.45, 7) is 0.284. The van der Waals surface area contributed by atoms with Gasteiger partial charge in [0, 0.05) is 30.4 Å². The van der Waals surface area contributed by atoms with Crippen LogP contribution < -0.4 is 10.6 Å². The standard InChI is InChI=1S/C29H24N4O6S/c34-24(31-20-6-2-1-3-7-20)11-13-33-26(25(32-29(33)40)21-8-4-5-12-30-21)23-10-9-22(39-23)17-14-18(27(35)36)16-19(15-17)28(37)38/h1-10,12,14-16,25-26H,11,13H2,(H,31,34)(H,32,40)(H,35,36)(H,37,38). The zero-order valence-electron chi connectivity index (χ0n) is 21.0. The van der Waals surface area contributed by atoms with Crippen LogP contribution in [-0.2, 0) is 4.79 Å². The van der Waals surface area contributed by atoms with Gasteiger partial charge < -0.3 is 30.2 Å². The number of carbonyl (C=O) groups is 3. The number of nitrogens with one attached hydrogen (secondary N) is 2. The first-order chi connectivity index (χ1) is 19.3. The first kappa shape index (κ1) is 26.6. The summed E-state index contributed by atoms with van der Waals surface area (Å²) in [7, 11) is 0. The van der Waals surface area contributed by atoms with Crippen molar-refractivity contribution in [1.82, 2.24) is 15.2 Å². The van der Waals surface area contributed by atoms with E-state index in [4.69, 9.17) is 16.6 Å². The number of para-hydroxylation sites is 1. The third-order valence-electron chi connectivity index (χ3n) is 6.46. The molecule has 0 aliphatic carbocycles. The molecule has 5 rings (SSSR count). The van der Waals surface area contributed by atoms with E-state index in [1.54, 1.807) is 36.5 Å². The Labute approximate surface area is 234 Å². The van der Waals surface area contributed by atoms with Gasteiger partial charge in [-0.3, -0.25) is 9.78 Å². The van der Waals surface area contributed by atoms with Crippen LogP contribution in [0, 0.1) is 0 Å². The number of thiocarbonyl (C=S) groups is 1. The molecule has 2 atom stereocenters. The highest BCUT2D eigenvalue weighted by atomic mass is 32.1. The smallest absolute Gasteiger partial charge is 0.335 e. The number of hydrogen-bond donors (Lipinski definition) is 4. The lowest BCUT2D eigenvalue weighted by molar-refractivity contribution is -0.116. The molecule has 1 fully saturated rings. The molecule has 11 heteroatoms. The van der Waals surface area contributed by atoms with E-state index in [9.17, 15) is 24.6 Å². The van der Waals surface area contributed by atoms with Gasteiger partial charge in [0.2, 0.25) is 5.91 Å². The number of benzene rings is 2. The topological polar surface area (TPSA) is 145 Å². The van der Waals surface area contributed by atoms with Gasteiger partial charge in [0.15, 0.2) is 5.11 Å². The Kier molecular flexibility index (Phi) is 7.56. The van der Waals surface area contributed by atoms with Gasteiger partial charge >= 0.3 is 11.9 Å². The lowest BCUT2D eigenvalue weighted by Gasteiger charge is -2.25. The summed E-state index contributed by atoms with van der Waals surface area (Å²) < 4.78 is 6.20. The van der Waals surface area contributed by atoms with Gasteiger partial charge in [0.1, 0.15) is 17.6 Å². The van der Waals surface area contributed by atoms with E-state index in [0.29, 0.717) is 33.6 Å². The maximum Gasteiger partial charge on any atom is 0.335 e. The Bertz CT molecular complexity index is 1540. The molecule has 4 N–H and O–H groups in total. The third kappa shape index (κ3) is 5.69. The maximum atomic E-state index is 12.7. The number of aromatic nitrogens is 1. The summed E-state index contributed by atoms with van der Waals surface area (Å²) in [5.74, 6) is -1.91. The Morgan fingerprint density at radius 3 is 2.30 bits per heavy atom. The van der Waals surface area contributed by atoms with Crippen LogP contribution in [0.15, 0.2) is 89.5 Å². The highest BCUT2D eigenvalue weighted by Gasteiger charge is 2.41. The normalized spacial score (nSPS) is 16.4. The van der Waals surface area contributed by atoms with E-state index in [2.05, 4.69) is 15.6 Å². The molecule has 0 saturated carbocycles. The lowest BCUT2D eigenvalue weighted by Crippen LogP contribution is -2.32. The van der Waals surface area contributed by atoms with Crippen molar-refractivity contribution in [3.63, 3.8) is 0 Å². The summed E-state index contributed by atoms with van der Waals surface area (Å²) >= 11 is 5.65. The molecule has 4 aromatic rings.